The van der Waals surface area contributed by atoms with Gasteiger partial charge >= 0.3 is 6.01 Å². The first-order valence-corrected chi connectivity index (χ1v) is 18.6. The summed E-state index contributed by atoms with van der Waals surface area (Å²) >= 11 is 11.2. The van der Waals surface area contributed by atoms with Crippen LogP contribution in [0.2, 0.25) is 5.02 Å². The third-order valence-corrected chi connectivity index (χ3v) is 10.9. The van der Waals surface area contributed by atoms with E-state index in [9.17, 15) is 9.59 Å². The van der Waals surface area contributed by atoms with Crippen LogP contribution >= 0.6 is 24.2 Å². The molecule has 0 spiro atoms. The Balaban J connectivity index is 1.05. The highest BCUT2D eigenvalue weighted by Gasteiger charge is 2.30. The molecule has 3 aliphatic heterocycles. The van der Waals surface area contributed by atoms with Crippen molar-refractivity contribution in [3.8, 4) is 6.01 Å². The molecule has 2 saturated heterocycles. The SMILES string of the molecule is C=CC(=O)N1CCN(c2nc(OCC3CCCN3CCCNC(=O)c3ccccc3S)nc3c2CCN(c2cccc4cccc(Cl)c24)C3)CC1. The molecule has 0 radical (unpaired) electrons. The predicted molar refractivity (Wildman–Crippen MR) is 205 cm³/mol. The quantitative estimate of drug-likeness (QED) is 0.117. The number of likely N-dealkylation sites (tertiary alicyclic amines) is 1. The summed E-state index contributed by atoms with van der Waals surface area (Å²) in [6, 6.07) is 20.3. The monoisotopic (exact) mass is 725 g/mol. The van der Waals surface area contributed by atoms with Crippen LogP contribution in [-0.2, 0) is 17.8 Å². The van der Waals surface area contributed by atoms with E-state index in [2.05, 4.69) is 63.5 Å². The molecule has 3 aromatic carbocycles. The minimum Gasteiger partial charge on any atom is -0.462 e. The number of aromatic nitrogens is 2. The summed E-state index contributed by atoms with van der Waals surface area (Å²) < 4.78 is 6.45. The van der Waals surface area contributed by atoms with Crippen LogP contribution in [0.15, 0.2) is 78.2 Å². The Morgan fingerprint density at radius 1 is 0.980 bits per heavy atom. The highest BCUT2D eigenvalue weighted by atomic mass is 35.5. The topological polar surface area (TPSA) is 94.1 Å². The van der Waals surface area contributed by atoms with E-state index in [-0.39, 0.29) is 17.9 Å². The second-order valence-electron chi connectivity index (χ2n) is 13.3. The molecule has 4 heterocycles. The van der Waals surface area contributed by atoms with E-state index >= 15 is 0 Å². The molecule has 7 rings (SSSR count). The van der Waals surface area contributed by atoms with E-state index < -0.39 is 0 Å². The lowest BCUT2D eigenvalue weighted by Crippen LogP contribution is -2.49. The zero-order valence-electron chi connectivity index (χ0n) is 28.8. The summed E-state index contributed by atoms with van der Waals surface area (Å²) in [6.45, 7) is 10.6. The predicted octanol–water partition coefficient (Wildman–Crippen LogP) is 5.63. The minimum atomic E-state index is -0.0990. The lowest BCUT2D eigenvalue weighted by atomic mass is 10.0. The second-order valence-corrected chi connectivity index (χ2v) is 14.2. The molecule has 1 unspecified atom stereocenters. The summed E-state index contributed by atoms with van der Waals surface area (Å²) in [5, 5.41) is 5.93. The van der Waals surface area contributed by atoms with Crippen LogP contribution in [0.4, 0.5) is 11.5 Å². The highest BCUT2D eigenvalue weighted by Crippen LogP contribution is 2.37. The number of piperazine rings is 1. The number of hydrogen-bond acceptors (Lipinski definition) is 9. The number of anilines is 2. The van der Waals surface area contributed by atoms with E-state index in [0.717, 1.165) is 83.9 Å². The molecule has 266 valence electrons. The fourth-order valence-corrected chi connectivity index (χ4v) is 8.06. The van der Waals surface area contributed by atoms with Gasteiger partial charge in [0, 0.05) is 73.4 Å². The van der Waals surface area contributed by atoms with Gasteiger partial charge in [0.1, 0.15) is 12.4 Å². The van der Waals surface area contributed by atoms with Gasteiger partial charge in [-0.15, -0.1) is 12.6 Å². The molecule has 0 saturated carbocycles. The largest absolute Gasteiger partial charge is 0.462 e. The first-order valence-electron chi connectivity index (χ1n) is 17.8. The Hall–Kier alpha value is -4.32. The Labute approximate surface area is 309 Å². The van der Waals surface area contributed by atoms with Gasteiger partial charge in [-0.05, 0) is 68.0 Å². The van der Waals surface area contributed by atoms with E-state index in [1.165, 1.54) is 6.08 Å². The third-order valence-electron chi connectivity index (χ3n) is 10.2. The Bertz CT molecular complexity index is 1910. The van der Waals surface area contributed by atoms with Crippen LogP contribution in [0.5, 0.6) is 6.01 Å². The molecule has 2 fully saturated rings. The fraction of sp³-hybridized carbons (Fsp3) is 0.385. The normalized spacial score (nSPS) is 17.8. The summed E-state index contributed by atoms with van der Waals surface area (Å²) in [7, 11) is 0. The number of nitrogens with one attached hydrogen (secondary N) is 1. The summed E-state index contributed by atoms with van der Waals surface area (Å²) in [5.74, 6) is 0.760. The summed E-state index contributed by atoms with van der Waals surface area (Å²) in [6.07, 6.45) is 5.13. The number of hydrogen-bond donors (Lipinski definition) is 2. The smallest absolute Gasteiger partial charge is 0.318 e. The van der Waals surface area contributed by atoms with E-state index in [0.29, 0.717) is 62.3 Å². The lowest BCUT2D eigenvalue weighted by Gasteiger charge is -2.38. The van der Waals surface area contributed by atoms with Crippen molar-refractivity contribution < 1.29 is 14.3 Å². The maximum atomic E-state index is 12.6. The minimum absolute atomic E-state index is 0.0423. The zero-order chi connectivity index (χ0) is 35.3. The van der Waals surface area contributed by atoms with Crippen molar-refractivity contribution in [2.24, 2.45) is 0 Å². The van der Waals surface area contributed by atoms with Crippen LogP contribution in [0.1, 0.15) is 40.9 Å². The van der Waals surface area contributed by atoms with Crippen molar-refractivity contribution in [2.45, 2.75) is 43.2 Å². The number of carbonyl (C=O) groups is 2. The van der Waals surface area contributed by atoms with E-state index in [4.69, 9.17) is 26.3 Å². The summed E-state index contributed by atoms with van der Waals surface area (Å²) in [4.78, 5) is 44.6. The van der Waals surface area contributed by atoms with Gasteiger partial charge in [0.25, 0.3) is 5.91 Å². The molecule has 10 nitrogen and oxygen atoms in total. The van der Waals surface area contributed by atoms with Crippen molar-refractivity contribution >= 4 is 58.3 Å². The molecule has 3 aliphatic rings. The molecular formula is C39H44ClN7O3S. The van der Waals surface area contributed by atoms with Gasteiger partial charge in [-0.2, -0.15) is 9.97 Å². The van der Waals surface area contributed by atoms with Crippen LogP contribution < -0.4 is 19.9 Å². The van der Waals surface area contributed by atoms with Crippen LogP contribution in [-0.4, -0.2) is 96.6 Å². The number of nitrogens with zero attached hydrogens (tertiary/aromatic N) is 6. The Morgan fingerprint density at radius 2 is 1.78 bits per heavy atom. The van der Waals surface area contributed by atoms with Gasteiger partial charge in [-0.3, -0.25) is 14.5 Å². The number of ether oxygens (including phenoxy) is 1. The van der Waals surface area contributed by atoms with Crippen molar-refractivity contribution in [3.63, 3.8) is 0 Å². The molecular weight excluding hydrogens is 682 g/mol. The van der Waals surface area contributed by atoms with Crippen LogP contribution in [0.25, 0.3) is 10.8 Å². The average Bonchev–Trinajstić information content (AvgIpc) is 3.62. The first kappa shape index (κ1) is 35.1. The molecule has 0 bridgehead atoms. The van der Waals surface area contributed by atoms with Crippen LogP contribution in [0, 0.1) is 0 Å². The maximum absolute atomic E-state index is 12.6. The van der Waals surface area contributed by atoms with Gasteiger partial charge in [0.05, 0.1) is 22.8 Å². The molecule has 12 heteroatoms. The number of fused-ring (bicyclic) bond motifs is 2. The van der Waals surface area contributed by atoms with Gasteiger partial charge in [-0.25, -0.2) is 0 Å². The molecule has 2 amide bonds. The Morgan fingerprint density at radius 3 is 2.59 bits per heavy atom. The van der Waals surface area contributed by atoms with Crippen molar-refractivity contribution in [1.29, 1.82) is 0 Å². The van der Waals surface area contributed by atoms with Gasteiger partial charge in [0.2, 0.25) is 5.91 Å². The number of benzene rings is 3. The molecule has 1 aromatic heterocycles. The second kappa shape index (κ2) is 15.9. The lowest BCUT2D eigenvalue weighted by molar-refractivity contribution is -0.126. The fourth-order valence-electron chi connectivity index (χ4n) is 7.52. The number of amides is 2. The van der Waals surface area contributed by atoms with Gasteiger partial charge in [-0.1, -0.05) is 54.6 Å². The number of carbonyl (C=O) groups excluding carboxylic acids is 2. The number of rotatable bonds is 11. The molecule has 51 heavy (non-hydrogen) atoms. The number of halogens is 1. The molecule has 0 aliphatic carbocycles. The van der Waals surface area contributed by atoms with Crippen molar-refractivity contribution in [1.82, 2.24) is 25.1 Å². The third kappa shape index (κ3) is 7.80. The zero-order valence-corrected chi connectivity index (χ0v) is 30.4. The molecule has 4 aromatic rings. The van der Waals surface area contributed by atoms with Gasteiger partial charge < -0.3 is 24.8 Å². The van der Waals surface area contributed by atoms with E-state index in [1.807, 2.05) is 35.2 Å². The van der Waals surface area contributed by atoms with Crippen molar-refractivity contribution in [3.05, 3.63) is 95.2 Å². The number of thiol groups is 1. The highest BCUT2D eigenvalue weighted by molar-refractivity contribution is 7.80. The van der Waals surface area contributed by atoms with Crippen LogP contribution in [0.3, 0.4) is 0 Å². The molecule has 1 atom stereocenters. The maximum Gasteiger partial charge on any atom is 0.318 e. The summed E-state index contributed by atoms with van der Waals surface area (Å²) in [5.41, 5.74) is 3.78. The van der Waals surface area contributed by atoms with Crippen molar-refractivity contribution in [2.75, 3.05) is 68.8 Å². The molecule has 1 N–H and O–H groups in total. The van der Waals surface area contributed by atoms with E-state index in [1.54, 1.807) is 6.07 Å². The van der Waals surface area contributed by atoms with Gasteiger partial charge in [0.15, 0.2) is 0 Å². The standard InChI is InChI=1S/C39H44ClN7O3S/c1-2-35(48)45-21-23-46(24-22-45)37-29-16-20-47(33-14-6-10-27-9-5-13-31(40)36(27)33)25-32(29)42-39(43-37)50-26-28-11-7-18-44(28)19-8-17-41-38(49)30-12-3-4-15-34(30)51/h2-6,9-10,12-15,28,51H,1,7-8,11,16-26H2,(H,41,49). The Kier molecular flexibility index (Phi) is 11.0. The average molecular weight is 726 g/mol. The first-order chi connectivity index (χ1) is 24.9.